The number of pyridine rings is 1. The standard InChI is InChI=1S/C15H26N2O/c1-10(11(2)8-16-5)7-14-13(4)15(18-6)12(3)9-17-14/h9-11,16H,7-8H2,1-6H3. The summed E-state index contributed by atoms with van der Waals surface area (Å²) in [5, 5.41) is 3.24. The van der Waals surface area contributed by atoms with Crippen LogP contribution in [0.25, 0.3) is 0 Å². The van der Waals surface area contributed by atoms with Crippen molar-refractivity contribution < 1.29 is 4.74 Å². The molecule has 102 valence electrons. The Labute approximate surface area is 111 Å². The summed E-state index contributed by atoms with van der Waals surface area (Å²) in [5.74, 6) is 2.23. The Morgan fingerprint density at radius 2 is 1.94 bits per heavy atom. The van der Waals surface area contributed by atoms with E-state index in [2.05, 4.69) is 31.1 Å². The van der Waals surface area contributed by atoms with E-state index in [0.29, 0.717) is 11.8 Å². The normalized spacial score (nSPS) is 14.3. The average molecular weight is 250 g/mol. The zero-order valence-corrected chi connectivity index (χ0v) is 12.5. The first-order chi connectivity index (χ1) is 8.51. The minimum Gasteiger partial charge on any atom is -0.496 e. The van der Waals surface area contributed by atoms with Gasteiger partial charge in [0.1, 0.15) is 5.75 Å². The van der Waals surface area contributed by atoms with Crippen LogP contribution in [-0.2, 0) is 6.42 Å². The number of rotatable bonds is 6. The number of ether oxygens (including phenoxy) is 1. The van der Waals surface area contributed by atoms with Gasteiger partial charge in [0.05, 0.1) is 7.11 Å². The number of hydrogen-bond acceptors (Lipinski definition) is 3. The Bertz CT molecular complexity index is 390. The Morgan fingerprint density at radius 3 is 2.50 bits per heavy atom. The third-order valence-corrected chi connectivity index (χ3v) is 3.76. The van der Waals surface area contributed by atoms with Gasteiger partial charge in [0, 0.05) is 23.0 Å². The Kier molecular flexibility index (Phi) is 5.60. The largest absolute Gasteiger partial charge is 0.496 e. The van der Waals surface area contributed by atoms with Crippen molar-refractivity contribution in [2.75, 3.05) is 20.7 Å². The number of nitrogens with zero attached hydrogens (tertiary/aromatic N) is 1. The number of hydrogen-bond donors (Lipinski definition) is 1. The van der Waals surface area contributed by atoms with Gasteiger partial charge in [0.2, 0.25) is 0 Å². The Hall–Kier alpha value is -1.09. The van der Waals surface area contributed by atoms with Gasteiger partial charge in [-0.05, 0) is 45.7 Å². The fraction of sp³-hybridized carbons (Fsp3) is 0.667. The van der Waals surface area contributed by atoms with Crippen LogP contribution in [0, 0.1) is 25.7 Å². The smallest absolute Gasteiger partial charge is 0.128 e. The molecule has 0 spiro atoms. The van der Waals surface area contributed by atoms with Crippen molar-refractivity contribution in [3.63, 3.8) is 0 Å². The van der Waals surface area contributed by atoms with Gasteiger partial charge in [-0.2, -0.15) is 0 Å². The molecular weight excluding hydrogens is 224 g/mol. The van der Waals surface area contributed by atoms with E-state index in [-0.39, 0.29) is 0 Å². The molecule has 2 atom stereocenters. The second-order valence-corrected chi connectivity index (χ2v) is 5.26. The summed E-state index contributed by atoms with van der Waals surface area (Å²) in [6, 6.07) is 0. The van der Waals surface area contributed by atoms with Crippen LogP contribution in [0.3, 0.4) is 0 Å². The maximum Gasteiger partial charge on any atom is 0.128 e. The molecule has 2 unspecified atom stereocenters. The average Bonchev–Trinajstić information content (AvgIpc) is 2.33. The molecule has 1 rings (SSSR count). The molecule has 0 bridgehead atoms. The molecule has 18 heavy (non-hydrogen) atoms. The first-order valence-corrected chi connectivity index (χ1v) is 6.64. The third-order valence-electron chi connectivity index (χ3n) is 3.76. The summed E-state index contributed by atoms with van der Waals surface area (Å²) in [6.45, 7) is 9.75. The molecule has 0 saturated heterocycles. The molecule has 0 radical (unpaired) electrons. The fourth-order valence-corrected chi connectivity index (χ4v) is 2.31. The van der Waals surface area contributed by atoms with Crippen LogP contribution in [-0.4, -0.2) is 25.7 Å². The van der Waals surface area contributed by atoms with Crippen molar-refractivity contribution in [3.05, 3.63) is 23.0 Å². The van der Waals surface area contributed by atoms with Crippen molar-refractivity contribution in [2.45, 2.75) is 34.1 Å². The lowest BCUT2D eigenvalue weighted by molar-refractivity contribution is 0.368. The molecular formula is C15H26N2O. The molecule has 1 heterocycles. The van der Waals surface area contributed by atoms with E-state index >= 15 is 0 Å². The Morgan fingerprint density at radius 1 is 1.28 bits per heavy atom. The lowest BCUT2D eigenvalue weighted by Crippen LogP contribution is -2.23. The highest BCUT2D eigenvalue weighted by molar-refractivity contribution is 5.41. The molecule has 0 aromatic carbocycles. The highest BCUT2D eigenvalue weighted by Crippen LogP contribution is 2.26. The molecule has 0 saturated carbocycles. The number of aromatic nitrogens is 1. The van der Waals surface area contributed by atoms with E-state index in [4.69, 9.17) is 4.74 Å². The number of aryl methyl sites for hydroxylation is 1. The van der Waals surface area contributed by atoms with Crippen molar-refractivity contribution in [3.8, 4) is 5.75 Å². The van der Waals surface area contributed by atoms with Crippen molar-refractivity contribution in [1.82, 2.24) is 10.3 Å². The van der Waals surface area contributed by atoms with Gasteiger partial charge in [-0.15, -0.1) is 0 Å². The van der Waals surface area contributed by atoms with Crippen molar-refractivity contribution in [1.29, 1.82) is 0 Å². The summed E-state index contributed by atoms with van der Waals surface area (Å²) in [4.78, 5) is 4.57. The van der Waals surface area contributed by atoms with E-state index in [1.165, 1.54) is 5.56 Å². The minimum absolute atomic E-state index is 0.607. The number of nitrogens with one attached hydrogen (secondary N) is 1. The van der Waals surface area contributed by atoms with Gasteiger partial charge in [-0.25, -0.2) is 0 Å². The molecule has 0 aliphatic rings. The summed E-state index contributed by atoms with van der Waals surface area (Å²) in [7, 11) is 3.73. The fourth-order valence-electron chi connectivity index (χ4n) is 2.31. The predicted octanol–water partition coefficient (Wildman–Crippen LogP) is 2.74. The highest BCUT2D eigenvalue weighted by atomic mass is 16.5. The van der Waals surface area contributed by atoms with Crippen LogP contribution < -0.4 is 10.1 Å². The van der Waals surface area contributed by atoms with Crippen LogP contribution in [0.2, 0.25) is 0 Å². The van der Waals surface area contributed by atoms with Crippen LogP contribution in [0.5, 0.6) is 5.75 Å². The van der Waals surface area contributed by atoms with Crippen LogP contribution >= 0.6 is 0 Å². The molecule has 3 nitrogen and oxygen atoms in total. The van der Waals surface area contributed by atoms with Crippen LogP contribution in [0.4, 0.5) is 0 Å². The maximum atomic E-state index is 5.45. The SMILES string of the molecule is CNCC(C)C(C)Cc1ncc(C)c(OC)c1C. The monoisotopic (exact) mass is 250 g/mol. The first-order valence-electron chi connectivity index (χ1n) is 6.64. The maximum absolute atomic E-state index is 5.45. The van der Waals surface area contributed by atoms with Crippen molar-refractivity contribution >= 4 is 0 Å². The van der Waals surface area contributed by atoms with Gasteiger partial charge in [0.25, 0.3) is 0 Å². The Balaban J connectivity index is 2.85. The van der Waals surface area contributed by atoms with Gasteiger partial charge in [-0.1, -0.05) is 13.8 Å². The summed E-state index contributed by atoms with van der Waals surface area (Å²) in [6.07, 6.45) is 2.92. The summed E-state index contributed by atoms with van der Waals surface area (Å²) < 4.78 is 5.45. The van der Waals surface area contributed by atoms with E-state index < -0.39 is 0 Å². The van der Waals surface area contributed by atoms with Gasteiger partial charge >= 0.3 is 0 Å². The van der Waals surface area contributed by atoms with Gasteiger partial charge in [-0.3, -0.25) is 4.98 Å². The second kappa shape index (κ2) is 6.74. The van der Waals surface area contributed by atoms with E-state index in [0.717, 1.165) is 30.0 Å². The van der Waals surface area contributed by atoms with E-state index in [1.807, 2.05) is 20.2 Å². The molecule has 1 aromatic rings. The molecule has 3 heteroatoms. The highest BCUT2D eigenvalue weighted by Gasteiger charge is 2.16. The molecule has 0 fully saturated rings. The second-order valence-electron chi connectivity index (χ2n) is 5.26. The van der Waals surface area contributed by atoms with Crippen molar-refractivity contribution in [2.24, 2.45) is 11.8 Å². The summed E-state index contributed by atoms with van der Waals surface area (Å²) >= 11 is 0. The third kappa shape index (κ3) is 3.45. The molecule has 0 aliphatic carbocycles. The van der Waals surface area contributed by atoms with Gasteiger partial charge < -0.3 is 10.1 Å². The lowest BCUT2D eigenvalue weighted by atomic mass is 9.90. The molecule has 0 amide bonds. The number of methoxy groups -OCH3 is 1. The van der Waals surface area contributed by atoms with Gasteiger partial charge in [0.15, 0.2) is 0 Å². The quantitative estimate of drug-likeness (QED) is 0.843. The molecule has 1 N–H and O–H groups in total. The van der Waals surface area contributed by atoms with Crippen LogP contribution in [0.15, 0.2) is 6.20 Å². The lowest BCUT2D eigenvalue weighted by Gasteiger charge is -2.21. The van der Waals surface area contributed by atoms with Crippen LogP contribution in [0.1, 0.15) is 30.7 Å². The molecule has 0 aliphatic heterocycles. The van der Waals surface area contributed by atoms with E-state index in [9.17, 15) is 0 Å². The topological polar surface area (TPSA) is 34.2 Å². The first kappa shape index (κ1) is 15.0. The zero-order valence-electron chi connectivity index (χ0n) is 12.5. The van der Waals surface area contributed by atoms with E-state index in [1.54, 1.807) is 7.11 Å². The molecule has 1 aromatic heterocycles. The zero-order chi connectivity index (χ0) is 13.7. The summed E-state index contributed by atoms with van der Waals surface area (Å²) in [5.41, 5.74) is 3.45. The minimum atomic E-state index is 0.607. The predicted molar refractivity (Wildman–Crippen MR) is 76.2 cm³/mol.